The molecule has 56 valence electrons. The van der Waals surface area contributed by atoms with Gasteiger partial charge in [-0.05, 0) is 24.7 Å². The van der Waals surface area contributed by atoms with E-state index in [9.17, 15) is 0 Å². The van der Waals surface area contributed by atoms with Crippen molar-refractivity contribution in [1.82, 2.24) is 5.32 Å². The van der Waals surface area contributed by atoms with Crippen molar-refractivity contribution in [3.05, 3.63) is 12.7 Å². The van der Waals surface area contributed by atoms with Crippen molar-refractivity contribution in [2.45, 2.75) is 31.8 Å². The summed E-state index contributed by atoms with van der Waals surface area (Å²) in [6.07, 6.45) is 4.80. The largest absolute Gasteiger partial charge is 0.307 e. The lowest BCUT2D eigenvalue weighted by Crippen LogP contribution is -2.31. The first-order chi connectivity index (χ1) is 4.86. The molecule has 2 fully saturated rings. The Morgan fingerprint density at radius 2 is 2.40 bits per heavy atom. The molecule has 10 heavy (non-hydrogen) atoms. The minimum Gasteiger partial charge on any atom is -0.307 e. The van der Waals surface area contributed by atoms with Gasteiger partial charge in [0.1, 0.15) is 0 Å². The van der Waals surface area contributed by atoms with Crippen LogP contribution >= 0.6 is 0 Å². The second kappa shape index (κ2) is 2.09. The smallest absolute Gasteiger partial charge is 0.0281 e. The molecular weight excluding hydrogens is 122 g/mol. The molecule has 2 rings (SSSR count). The van der Waals surface area contributed by atoms with E-state index in [1.54, 1.807) is 0 Å². The zero-order valence-electron chi connectivity index (χ0n) is 6.51. The maximum atomic E-state index is 3.83. The van der Waals surface area contributed by atoms with Crippen LogP contribution in [-0.2, 0) is 0 Å². The van der Waals surface area contributed by atoms with Gasteiger partial charge in [-0.3, -0.25) is 0 Å². The Morgan fingerprint density at radius 3 is 2.80 bits per heavy atom. The van der Waals surface area contributed by atoms with Gasteiger partial charge in [-0.25, -0.2) is 0 Å². The quantitative estimate of drug-likeness (QED) is 0.569. The highest BCUT2D eigenvalue weighted by molar-refractivity contribution is 5.13. The van der Waals surface area contributed by atoms with Crippen LogP contribution in [0.3, 0.4) is 0 Å². The molecule has 1 heterocycles. The molecule has 1 aliphatic carbocycles. The van der Waals surface area contributed by atoms with Crippen molar-refractivity contribution < 1.29 is 0 Å². The second-order valence-corrected chi connectivity index (χ2v) is 3.51. The first-order valence-electron chi connectivity index (χ1n) is 4.25. The van der Waals surface area contributed by atoms with E-state index in [-0.39, 0.29) is 0 Å². The molecular formula is C9H15N. The first-order valence-corrected chi connectivity index (χ1v) is 4.25. The molecule has 1 nitrogen and oxygen atoms in total. The number of nitrogens with one attached hydrogen (secondary N) is 1. The lowest BCUT2D eigenvalue weighted by molar-refractivity contribution is 0.491. The zero-order valence-corrected chi connectivity index (χ0v) is 6.51. The van der Waals surface area contributed by atoms with Gasteiger partial charge in [-0.1, -0.05) is 13.0 Å². The van der Waals surface area contributed by atoms with Crippen molar-refractivity contribution in [3.63, 3.8) is 0 Å². The van der Waals surface area contributed by atoms with E-state index in [4.69, 9.17) is 0 Å². The van der Waals surface area contributed by atoms with Gasteiger partial charge < -0.3 is 5.32 Å². The monoisotopic (exact) mass is 137 g/mol. The molecule has 1 heteroatoms. The number of fused-ring (bicyclic) bond motifs is 1. The average Bonchev–Trinajstić information content (AvgIpc) is 2.67. The van der Waals surface area contributed by atoms with Gasteiger partial charge in [0.2, 0.25) is 0 Å². The molecule has 0 amide bonds. The molecule has 0 radical (unpaired) electrons. The summed E-state index contributed by atoms with van der Waals surface area (Å²) in [5.41, 5.74) is 0. The number of hydrogen-bond acceptors (Lipinski definition) is 1. The van der Waals surface area contributed by atoms with Gasteiger partial charge >= 0.3 is 0 Å². The van der Waals surface area contributed by atoms with Crippen LogP contribution in [0.5, 0.6) is 0 Å². The highest BCUT2D eigenvalue weighted by atomic mass is 15.0. The molecule has 0 aromatic carbocycles. The van der Waals surface area contributed by atoms with Crippen molar-refractivity contribution in [2.24, 2.45) is 11.8 Å². The Labute approximate surface area is 62.5 Å². The highest BCUT2D eigenvalue weighted by Gasteiger charge is 2.51. The normalized spacial score (nSPS) is 50.5. The van der Waals surface area contributed by atoms with Crippen molar-refractivity contribution >= 4 is 0 Å². The van der Waals surface area contributed by atoms with Crippen LogP contribution in [0, 0.1) is 11.8 Å². The third kappa shape index (κ3) is 0.734. The molecule has 0 aromatic heterocycles. The SMILES string of the molecule is C=CC1NC(CC)C2CC12. The van der Waals surface area contributed by atoms with E-state index in [0.717, 1.165) is 17.9 Å². The molecule has 1 aliphatic heterocycles. The van der Waals surface area contributed by atoms with Crippen LogP contribution in [0.4, 0.5) is 0 Å². The predicted molar refractivity (Wildman–Crippen MR) is 42.8 cm³/mol. The highest BCUT2D eigenvalue weighted by Crippen LogP contribution is 2.49. The van der Waals surface area contributed by atoms with Crippen molar-refractivity contribution in [2.75, 3.05) is 0 Å². The van der Waals surface area contributed by atoms with Crippen LogP contribution in [0.2, 0.25) is 0 Å². The average molecular weight is 137 g/mol. The lowest BCUT2D eigenvalue weighted by atomic mass is 10.1. The third-order valence-corrected chi connectivity index (χ3v) is 2.97. The van der Waals surface area contributed by atoms with Gasteiger partial charge in [0.05, 0.1) is 0 Å². The van der Waals surface area contributed by atoms with E-state index < -0.39 is 0 Å². The fraction of sp³-hybridized carbons (Fsp3) is 0.778. The summed E-state index contributed by atoms with van der Waals surface area (Å²) in [7, 11) is 0. The zero-order chi connectivity index (χ0) is 7.14. The van der Waals surface area contributed by atoms with E-state index in [2.05, 4.69) is 24.9 Å². The maximum absolute atomic E-state index is 3.83. The molecule has 0 spiro atoms. The molecule has 1 N–H and O–H groups in total. The molecule has 0 aromatic rings. The lowest BCUT2D eigenvalue weighted by Gasteiger charge is -2.13. The molecule has 2 aliphatic rings. The summed E-state index contributed by atoms with van der Waals surface area (Å²) in [6, 6.07) is 1.43. The summed E-state index contributed by atoms with van der Waals surface area (Å²) in [4.78, 5) is 0. The van der Waals surface area contributed by atoms with Gasteiger partial charge in [-0.15, -0.1) is 6.58 Å². The van der Waals surface area contributed by atoms with Crippen LogP contribution < -0.4 is 5.32 Å². The number of piperidine rings is 1. The van der Waals surface area contributed by atoms with E-state index >= 15 is 0 Å². The molecule has 1 saturated heterocycles. The Balaban J connectivity index is 2.01. The van der Waals surface area contributed by atoms with Crippen LogP contribution in [-0.4, -0.2) is 12.1 Å². The maximum Gasteiger partial charge on any atom is 0.0281 e. The van der Waals surface area contributed by atoms with Gasteiger partial charge in [0.25, 0.3) is 0 Å². The number of hydrogen-bond donors (Lipinski definition) is 1. The Bertz CT molecular complexity index is 153. The van der Waals surface area contributed by atoms with E-state index in [1.165, 1.54) is 12.8 Å². The third-order valence-electron chi connectivity index (χ3n) is 2.97. The summed E-state index contributed by atoms with van der Waals surface area (Å²) in [6.45, 7) is 6.09. The fourth-order valence-corrected chi connectivity index (χ4v) is 2.27. The van der Waals surface area contributed by atoms with Gasteiger partial charge in [0, 0.05) is 12.1 Å². The van der Waals surface area contributed by atoms with Crippen molar-refractivity contribution in [3.8, 4) is 0 Å². The van der Waals surface area contributed by atoms with Crippen LogP contribution in [0.25, 0.3) is 0 Å². The second-order valence-electron chi connectivity index (χ2n) is 3.51. The molecule has 4 atom stereocenters. The molecule has 0 bridgehead atoms. The fourth-order valence-electron chi connectivity index (χ4n) is 2.27. The predicted octanol–water partition coefficient (Wildman–Crippen LogP) is 1.56. The standard InChI is InChI=1S/C9H15N/c1-3-8-6-5-7(6)9(4-2)10-8/h3,6-10H,1,4-5H2,2H3. The molecule has 4 unspecified atom stereocenters. The Morgan fingerprint density at radius 1 is 1.60 bits per heavy atom. The summed E-state index contributed by atoms with van der Waals surface area (Å²) >= 11 is 0. The minimum absolute atomic E-state index is 0.634. The Hall–Kier alpha value is -0.300. The van der Waals surface area contributed by atoms with E-state index in [0.29, 0.717) is 6.04 Å². The topological polar surface area (TPSA) is 12.0 Å². The van der Waals surface area contributed by atoms with Crippen LogP contribution in [0.1, 0.15) is 19.8 Å². The van der Waals surface area contributed by atoms with Gasteiger partial charge in [-0.2, -0.15) is 0 Å². The summed E-state index contributed by atoms with van der Waals surface area (Å²) < 4.78 is 0. The Kier molecular flexibility index (Phi) is 1.34. The minimum atomic E-state index is 0.634. The van der Waals surface area contributed by atoms with Gasteiger partial charge in [0.15, 0.2) is 0 Å². The number of rotatable bonds is 2. The first kappa shape index (κ1) is 6.41. The molecule has 1 saturated carbocycles. The van der Waals surface area contributed by atoms with Crippen molar-refractivity contribution in [1.29, 1.82) is 0 Å². The summed E-state index contributed by atoms with van der Waals surface area (Å²) in [5, 5.41) is 3.57. The van der Waals surface area contributed by atoms with Crippen LogP contribution in [0.15, 0.2) is 12.7 Å². The summed E-state index contributed by atoms with van der Waals surface area (Å²) in [5.74, 6) is 1.94. The van der Waals surface area contributed by atoms with E-state index in [1.807, 2.05) is 0 Å².